The molecule has 0 saturated carbocycles. The lowest BCUT2D eigenvalue weighted by Crippen LogP contribution is -2.53. The number of morpholine rings is 1. The molecule has 2 aromatic carbocycles. The Labute approximate surface area is 271 Å². The molecule has 0 bridgehead atoms. The van der Waals surface area contributed by atoms with Crippen molar-refractivity contribution >= 4 is 28.5 Å². The number of anilines is 1. The number of nitrogens with one attached hydrogen (secondary N) is 1. The van der Waals surface area contributed by atoms with E-state index >= 15 is 8.78 Å². The zero-order valence-corrected chi connectivity index (χ0v) is 26.0. The Kier molecular flexibility index (Phi) is 9.25. The molecule has 0 unspecified atom stereocenters. The van der Waals surface area contributed by atoms with Crippen molar-refractivity contribution in [2.45, 2.75) is 37.6 Å². The summed E-state index contributed by atoms with van der Waals surface area (Å²) in [7, 11) is 3.13. The molecular formula is C33H31F5N6O4. The Balaban J connectivity index is 1.27. The Morgan fingerprint density at radius 3 is 2.62 bits per heavy atom. The van der Waals surface area contributed by atoms with Crippen molar-refractivity contribution in [1.29, 1.82) is 0 Å². The molecule has 1 saturated heterocycles. The second-order valence-electron chi connectivity index (χ2n) is 11.7. The third-order valence-corrected chi connectivity index (χ3v) is 8.53. The van der Waals surface area contributed by atoms with Gasteiger partial charge < -0.3 is 24.6 Å². The Morgan fingerprint density at radius 2 is 1.90 bits per heavy atom. The minimum Gasteiger partial charge on any atom is -0.467 e. The van der Waals surface area contributed by atoms with E-state index < -0.39 is 59.6 Å². The third-order valence-electron chi connectivity index (χ3n) is 8.53. The second-order valence-corrected chi connectivity index (χ2v) is 11.7. The van der Waals surface area contributed by atoms with E-state index in [1.165, 1.54) is 0 Å². The average molecular weight is 671 g/mol. The van der Waals surface area contributed by atoms with Crippen molar-refractivity contribution in [3.8, 4) is 11.4 Å². The van der Waals surface area contributed by atoms with Gasteiger partial charge in [-0.3, -0.25) is 9.78 Å². The van der Waals surface area contributed by atoms with E-state index in [0.29, 0.717) is 40.0 Å². The van der Waals surface area contributed by atoms with E-state index in [9.17, 15) is 22.8 Å². The number of methoxy groups -OCH3 is 1. The first kappa shape index (κ1) is 33.2. The van der Waals surface area contributed by atoms with Crippen molar-refractivity contribution in [1.82, 2.24) is 25.2 Å². The first-order chi connectivity index (χ1) is 22.9. The van der Waals surface area contributed by atoms with Crippen LogP contribution in [0.25, 0.3) is 22.3 Å². The quantitative estimate of drug-likeness (QED) is 0.228. The number of fused-ring (bicyclic) bond motifs is 2. The van der Waals surface area contributed by atoms with Crippen LogP contribution in [0, 0.1) is 11.6 Å². The van der Waals surface area contributed by atoms with Crippen molar-refractivity contribution < 1.29 is 41.0 Å². The highest BCUT2D eigenvalue weighted by Crippen LogP contribution is 2.33. The van der Waals surface area contributed by atoms with Crippen LogP contribution >= 0.6 is 0 Å². The average Bonchev–Trinajstić information content (AvgIpc) is 3.06. The SMILES string of the molecule is COC(=O)[C@H](Cc1ccc(-c2ncc3c(n2)CCN(C)C3)c2ncccc12)NC(=O)c1c(F)cc(N2CCOC[C@@H]2C(F)(F)F)cc1F. The van der Waals surface area contributed by atoms with Gasteiger partial charge >= 0.3 is 12.1 Å². The molecule has 1 amide bonds. The molecule has 2 aromatic heterocycles. The molecular weight excluding hydrogens is 639 g/mol. The van der Waals surface area contributed by atoms with Crippen LogP contribution in [0.1, 0.15) is 27.2 Å². The predicted octanol–water partition coefficient (Wildman–Crippen LogP) is 4.24. The maximum absolute atomic E-state index is 15.3. The second kappa shape index (κ2) is 13.4. The number of halogens is 5. The van der Waals surface area contributed by atoms with E-state index in [4.69, 9.17) is 14.5 Å². The number of carbonyl (C=O) groups is 2. The summed E-state index contributed by atoms with van der Waals surface area (Å²) in [6.07, 6.45) is -0.679. The Bertz CT molecular complexity index is 1850. The number of rotatable bonds is 7. The maximum atomic E-state index is 15.3. The smallest absolute Gasteiger partial charge is 0.411 e. The Hall–Kier alpha value is -4.76. The summed E-state index contributed by atoms with van der Waals surface area (Å²) in [4.78, 5) is 42.9. The van der Waals surface area contributed by atoms with Crippen molar-refractivity contribution in [2.75, 3.05) is 45.4 Å². The van der Waals surface area contributed by atoms with Gasteiger partial charge in [0.15, 0.2) is 5.82 Å². The molecule has 2 atom stereocenters. The van der Waals surface area contributed by atoms with Gasteiger partial charge in [-0.05, 0) is 36.9 Å². The molecule has 2 aliphatic rings. The number of hydrogen-bond donors (Lipinski definition) is 1. The van der Waals surface area contributed by atoms with Crippen LogP contribution in [0.5, 0.6) is 0 Å². The molecule has 1 fully saturated rings. The number of pyridine rings is 1. The number of amides is 1. The number of aromatic nitrogens is 3. The highest BCUT2D eigenvalue weighted by atomic mass is 19.4. The number of alkyl halides is 3. The van der Waals surface area contributed by atoms with Gasteiger partial charge in [-0.1, -0.05) is 12.1 Å². The van der Waals surface area contributed by atoms with E-state index in [1.807, 2.05) is 7.05 Å². The van der Waals surface area contributed by atoms with E-state index in [-0.39, 0.29) is 19.6 Å². The molecule has 6 rings (SSSR count). The zero-order chi connectivity index (χ0) is 34.2. The van der Waals surface area contributed by atoms with E-state index in [1.54, 1.807) is 36.7 Å². The highest BCUT2D eigenvalue weighted by molar-refractivity contribution is 5.98. The van der Waals surface area contributed by atoms with Gasteiger partial charge in [0.1, 0.15) is 29.3 Å². The molecule has 0 radical (unpaired) electrons. The molecule has 0 spiro atoms. The topological polar surface area (TPSA) is 110 Å². The van der Waals surface area contributed by atoms with Crippen LogP contribution in [0.2, 0.25) is 0 Å². The number of ether oxygens (including phenoxy) is 2. The fraction of sp³-hybridized carbons (Fsp3) is 0.364. The largest absolute Gasteiger partial charge is 0.467 e. The summed E-state index contributed by atoms with van der Waals surface area (Å²) in [6, 6.07) is 4.79. The van der Waals surface area contributed by atoms with Crippen LogP contribution in [0.15, 0.2) is 48.8 Å². The standard InChI is InChI=1S/C33H31F5N6O4/c1-43-9-7-25-19(16-43)15-40-30(41-25)22-6-5-18(21-4-3-8-39-29(21)22)12-26(32(46)47-2)42-31(45)28-23(34)13-20(14-24(28)35)44-10-11-48-17-27(44)33(36,37)38/h3-6,8,13-15,26-27H,7,9-12,16-17H2,1-2H3,(H,42,45)/t26-,27+/m0/s1. The Morgan fingerprint density at radius 1 is 1.12 bits per heavy atom. The molecule has 252 valence electrons. The van der Waals surface area contributed by atoms with Gasteiger partial charge in [0.2, 0.25) is 0 Å². The summed E-state index contributed by atoms with van der Waals surface area (Å²) in [6.45, 7) is 0.559. The van der Waals surface area contributed by atoms with E-state index in [2.05, 4.69) is 20.2 Å². The minimum absolute atomic E-state index is 0.0811. The summed E-state index contributed by atoms with van der Waals surface area (Å²) in [5, 5.41) is 2.97. The monoisotopic (exact) mass is 670 g/mol. The molecule has 48 heavy (non-hydrogen) atoms. The van der Waals surface area contributed by atoms with Crippen LogP contribution < -0.4 is 10.2 Å². The maximum Gasteiger partial charge on any atom is 0.411 e. The lowest BCUT2D eigenvalue weighted by molar-refractivity contribution is -0.167. The van der Waals surface area contributed by atoms with Gasteiger partial charge in [-0.25, -0.2) is 23.5 Å². The third kappa shape index (κ3) is 6.65. The van der Waals surface area contributed by atoms with Gasteiger partial charge in [-0.15, -0.1) is 0 Å². The van der Waals surface area contributed by atoms with E-state index in [0.717, 1.165) is 42.8 Å². The molecule has 1 N–H and O–H groups in total. The zero-order valence-electron chi connectivity index (χ0n) is 26.0. The lowest BCUT2D eigenvalue weighted by atomic mass is 9.97. The molecule has 4 aromatic rings. The number of benzene rings is 2. The lowest BCUT2D eigenvalue weighted by Gasteiger charge is -2.38. The molecule has 15 heteroatoms. The van der Waals surface area contributed by atoms with Crippen molar-refractivity contribution in [2.24, 2.45) is 0 Å². The predicted molar refractivity (Wildman–Crippen MR) is 164 cm³/mol. The summed E-state index contributed by atoms with van der Waals surface area (Å²) in [5.74, 6) is -4.47. The summed E-state index contributed by atoms with van der Waals surface area (Å²) < 4.78 is 81.0. The first-order valence-electron chi connectivity index (χ1n) is 15.1. The fourth-order valence-corrected chi connectivity index (χ4v) is 6.09. The van der Waals surface area contributed by atoms with Gasteiger partial charge in [-0.2, -0.15) is 13.2 Å². The van der Waals surface area contributed by atoms with Gasteiger partial charge in [0.05, 0.1) is 31.5 Å². The minimum atomic E-state index is -4.72. The number of hydrogen-bond acceptors (Lipinski definition) is 9. The van der Waals surface area contributed by atoms with Crippen molar-refractivity contribution in [3.63, 3.8) is 0 Å². The first-order valence-corrected chi connectivity index (χ1v) is 15.1. The van der Waals surface area contributed by atoms with Crippen LogP contribution in [0.4, 0.5) is 27.6 Å². The van der Waals surface area contributed by atoms with Crippen LogP contribution in [0.3, 0.4) is 0 Å². The molecule has 0 aliphatic carbocycles. The summed E-state index contributed by atoms with van der Waals surface area (Å²) in [5.41, 5.74) is 2.33. The number of esters is 1. The van der Waals surface area contributed by atoms with Crippen LogP contribution in [-0.4, -0.2) is 90.4 Å². The normalized spacial score (nSPS) is 17.6. The summed E-state index contributed by atoms with van der Waals surface area (Å²) >= 11 is 0. The van der Waals surface area contributed by atoms with Crippen molar-refractivity contribution in [3.05, 3.63) is 82.8 Å². The fourth-order valence-electron chi connectivity index (χ4n) is 6.09. The van der Waals surface area contributed by atoms with Gasteiger partial charge in [0, 0.05) is 67.1 Å². The highest BCUT2D eigenvalue weighted by Gasteiger charge is 2.46. The number of likely N-dealkylation sites (N-methyl/N-ethyl adjacent to an activating group) is 1. The number of carbonyl (C=O) groups excluding carboxylic acids is 2. The number of nitrogens with zero attached hydrogens (tertiary/aromatic N) is 5. The van der Waals surface area contributed by atoms with Crippen LogP contribution in [-0.2, 0) is 33.7 Å². The molecule has 4 heterocycles. The molecule has 2 aliphatic heterocycles. The molecule has 10 nitrogen and oxygen atoms in total. The van der Waals surface area contributed by atoms with Gasteiger partial charge in [0.25, 0.3) is 5.91 Å².